The number of halogens is 1. The molecule has 0 amide bonds. The minimum absolute atomic E-state index is 0.0595. The molecule has 0 aliphatic carbocycles. The fraction of sp³-hybridized carbons (Fsp3) is 0.276. The maximum absolute atomic E-state index is 11.2. The first-order chi connectivity index (χ1) is 20.1. The normalized spacial score (nSPS) is 9.86. The van der Waals surface area contributed by atoms with E-state index in [0.29, 0.717) is 6.42 Å². The predicted molar refractivity (Wildman–Crippen MR) is 167 cm³/mol. The molecule has 0 bridgehead atoms. The van der Waals surface area contributed by atoms with Crippen LogP contribution in [0.3, 0.4) is 0 Å². The molecule has 1 atom stereocenters. The molecule has 3 aromatic rings. The van der Waals surface area contributed by atoms with Gasteiger partial charge in [-0.1, -0.05) is 52.3 Å². The first-order valence-corrected chi connectivity index (χ1v) is 13.3. The van der Waals surface area contributed by atoms with E-state index >= 15 is 0 Å². The second kappa shape index (κ2) is 22.8. The molecular weight excluding hydrogens is 629 g/mol. The van der Waals surface area contributed by atoms with Crippen molar-refractivity contribution < 1.29 is 43.2 Å². The number of esters is 2. The van der Waals surface area contributed by atoms with E-state index in [1.807, 2.05) is 36.4 Å². The van der Waals surface area contributed by atoms with Gasteiger partial charge in [-0.2, -0.15) is 0 Å². The summed E-state index contributed by atoms with van der Waals surface area (Å²) in [7, 11) is 11.9. The van der Waals surface area contributed by atoms with Crippen LogP contribution in [-0.4, -0.2) is 66.2 Å². The SMILES string of the molecule is COC(=O)C(Br)c1ccc(OC)cc1.COC(=O)Cc1ccc(OC)cc1.COc1ccc(CC(=O)O)cc1.[B]=NS. The van der Waals surface area contributed by atoms with Crippen LogP contribution in [0.1, 0.15) is 21.5 Å². The Morgan fingerprint density at radius 3 is 1.40 bits per heavy atom. The number of carboxylic acids is 1. The van der Waals surface area contributed by atoms with Crippen molar-refractivity contribution in [2.75, 3.05) is 35.5 Å². The van der Waals surface area contributed by atoms with E-state index in [-0.39, 0.29) is 18.4 Å². The molecule has 225 valence electrons. The Morgan fingerprint density at radius 1 is 0.738 bits per heavy atom. The molecule has 0 heterocycles. The number of hydrogen-bond donors (Lipinski definition) is 2. The molecule has 0 aromatic heterocycles. The number of carbonyl (C=O) groups is 3. The molecule has 0 aliphatic rings. The van der Waals surface area contributed by atoms with E-state index < -0.39 is 10.8 Å². The molecule has 0 saturated heterocycles. The van der Waals surface area contributed by atoms with Crippen molar-refractivity contribution in [1.29, 1.82) is 0 Å². The van der Waals surface area contributed by atoms with E-state index in [9.17, 15) is 14.4 Å². The van der Waals surface area contributed by atoms with Crippen LogP contribution in [0.5, 0.6) is 17.2 Å². The Morgan fingerprint density at radius 2 is 1.10 bits per heavy atom. The van der Waals surface area contributed by atoms with Crippen molar-refractivity contribution in [2.24, 2.45) is 4.30 Å². The van der Waals surface area contributed by atoms with Crippen molar-refractivity contribution in [2.45, 2.75) is 17.7 Å². The third-order valence-corrected chi connectivity index (χ3v) is 5.97. The number of carboxylic acid groups (broad SMARTS) is 1. The quantitative estimate of drug-likeness (QED) is 0.137. The van der Waals surface area contributed by atoms with Gasteiger partial charge in [-0.25, -0.2) is 0 Å². The van der Waals surface area contributed by atoms with Crippen molar-refractivity contribution >= 4 is 54.3 Å². The second-order valence-electron chi connectivity index (χ2n) is 7.79. The summed E-state index contributed by atoms with van der Waals surface area (Å²) in [5.74, 6) is 0.927. The van der Waals surface area contributed by atoms with Gasteiger partial charge in [-0.3, -0.25) is 14.4 Å². The first kappa shape index (κ1) is 38.2. The monoisotopic (exact) mass is 662 g/mol. The summed E-state index contributed by atoms with van der Waals surface area (Å²) in [6.45, 7) is 0. The molecule has 1 radical (unpaired) electrons. The molecule has 42 heavy (non-hydrogen) atoms. The van der Waals surface area contributed by atoms with Crippen LogP contribution in [0.25, 0.3) is 0 Å². The summed E-state index contributed by atoms with van der Waals surface area (Å²) in [6, 6.07) is 21.5. The van der Waals surface area contributed by atoms with Gasteiger partial charge in [0.05, 0.1) is 48.4 Å². The standard InChI is InChI=1S/C10H11BrO3.C10H12O3.C9H10O3.BHNS/c1-13-8-5-3-7(4-6-8)9(11)10(12)14-2;1-12-9-5-3-8(4-6-9)7-10(11)13-2;1-12-8-4-2-7(3-5-8)6-9(10)11;1-2-3/h3-6,9H,1-2H3;3-6H,7H2,1-2H3;2-5H,6H2,1H3,(H,10,11);3H. The summed E-state index contributed by atoms with van der Waals surface area (Å²) in [6.07, 6.45) is 0.366. The summed E-state index contributed by atoms with van der Waals surface area (Å²) < 4.78 is 26.8. The van der Waals surface area contributed by atoms with Crippen LogP contribution < -0.4 is 14.2 Å². The number of carbonyl (C=O) groups excluding carboxylic acids is 2. The Bertz CT molecular complexity index is 1210. The van der Waals surface area contributed by atoms with Crippen LogP contribution in [0.4, 0.5) is 0 Å². The van der Waals surface area contributed by atoms with Crippen molar-refractivity contribution in [3.63, 3.8) is 0 Å². The van der Waals surface area contributed by atoms with Crippen LogP contribution >= 0.6 is 28.7 Å². The number of nitrogens with zero attached hydrogens (tertiary/aromatic N) is 1. The molecule has 1 N–H and O–H groups in total. The first-order valence-electron chi connectivity index (χ1n) is 12.0. The molecule has 1 unspecified atom stereocenters. The average molecular weight is 663 g/mol. The number of thiol groups is 1. The summed E-state index contributed by atoms with van der Waals surface area (Å²) >= 11 is 6.43. The second-order valence-corrected chi connectivity index (χ2v) is 8.94. The Kier molecular flexibility index (Phi) is 20.7. The minimum atomic E-state index is -0.819. The fourth-order valence-electron chi connectivity index (χ4n) is 2.91. The van der Waals surface area contributed by atoms with Gasteiger partial charge in [0, 0.05) is 0 Å². The molecule has 0 saturated carbocycles. The number of hydrogen-bond acceptors (Lipinski definition) is 10. The number of methoxy groups -OCH3 is 5. The molecule has 13 heteroatoms. The summed E-state index contributed by atoms with van der Waals surface area (Å²) in [4.78, 5) is 31.9. The maximum atomic E-state index is 11.2. The van der Waals surface area contributed by atoms with E-state index in [1.165, 1.54) is 14.2 Å². The zero-order valence-corrected chi connectivity index (χ0v) is 26.5. The van der Waals surface area contributed by atoms with Crippen LogP contribution in [0, 0.1) is 0 Å². The van der Waals surface area contributed by atoms with Gasteiger partial charge in [-0.05, 0) is 53.1 Å². The van der Waals surface area contributed by atoms with Gasteiger partial charge in [-0.15, -0.1) is 0 Å². The van der Waals surface area contributed by atoms with Crippen LogP contribution in [0.2, 0.25) is 0 Å². The Labute approximate surface area is 261 Å². The van der Waals surface area contributed by atoms with Crippen LogP contribution in [0.15, 0.2) is 77.1 Å². The van der Waals surface area contributed by atoms with Crippen molar-refractivity contribution in [3.8, 4) is 17.2 Å². The molecule has 0 aliphatic heterocycles. The van der Waals surface area contributed by atoms with Gasteiger partial charge in [0.15, 0.2) is 0 Å². The zero-order chi connectivity index (χ0) is 31.9. The molecule has 10 nitrogen and oxygen atoms in total. The fourth-order valence-corrected chi connectivity index (χ4v) is 3.40. The van der Waals surface area contributed by atoms with Gasteiger partial charge in [0.2, 0.25) is 0 Å². The van der Waals surface area contributed by atoms with E-state index in [0.717, 1.165) is 33.9 Å². The predicted octanol–water partition coefficient (Wildman–Crippen LogP) is 5.22. The van der Waals surface area contributed by atoms with Gasteiger partial charge in [0.25, 0.3) is 0 Å². The van der Waals surface area contributed by atoms with E-state index in [2.05, 4.69) is 50.2 Å². The van der Waals surface area contributed by atoms with Gasteiger partial charge >= 0.3 is 42.7 Å². The number of ether oxygens (including phenoxy) is 5. The summed E-state index contributed by atoms with van der Waals surface area (Å²) in [5.41, 5.74) is 2.55. The molecular formula is C29H34BBrNO9S. The van der Waals surface area contributed by atoms with E-state index in [4.69, 9.17) is 19.3 Å². The summed E-state index contributed by atoms with van der Waals surface area (Å²) in [5, 5.41) is 8.46. The molecule has 3 rings (SSSR count). The Balaban J connectivity index is 0.000000574. The average Bonchev–Trinajstić information content (AvgIpc) is 3.01. The number of benzene rings is 3. The van der Waals surface area contributed by atoms with Crippen LogP contribution in [-0.2, 0) is 36.7 Å². The molecule has 0 fully saturated rings. The van der Waals surface area contributed by atoms with E-state index in [1.54, 1.807) is 57.7 Å². The van der Waals surface area contributed by atoms with Gasteiger partial charge in [0.1, 0.15) is 22.1 Å². The topological polar surface area (TPSA) is 130 Å². The number of aliphatic carboxylic acids is 1. The van der Waals surface area contributed by atoms with Crippen molar-refractivity contribution in [3.05, 3.63) is 89.5 Å². The number of alkyl halides is 1. The third-order valence-electron chi connectivity index (χ3n) is 5.07. The van der Waals surface area contributed by atoms with Gasteiger partial charge < -0.3 is 28.8 Å². The molecule has 3 aromatic carbocycles. The third kappa shape index (κ3) is 16.4. The Hall–Kier alpha value is -3.84. The van der Waals surface area contributed by atoms with Crippen molar-refractivity contribution in [1.82, 2.24) is 0 Å². The number of rotatable bonds is 9. The molecule has 0 spiro atoms. The zero-order valence-electron chi connectivity index (χ0n) is 24.0.